The first kappa shape index (κ1) is 20.5. The standard InChI is InChI=1S/C20H20N4O4S/c1-11-5-12(2)7-15(6-11)19-22-23-20(28-19)29-10-18(25)21-16-8-13(3)14(4)9-17(16)24(26)27/h5-9H,10H2,1-4H3,(H,21,25). The highest BCUT2D eigenvalue weighted by Crippen LogP contribution is 2.29. The fourth-order valence-corrected chi connectivity index (χ4v) is 3.41. The summed E-state index contributed by atoms with van der Waals surface area (Å²) in [7, 11) is 0. The largest absolute Gasteiger partial charge is 0.411 e. The van der Waals surface area contributed by atoms with E-state index in [1.54, 1.807) is 13.0 Å². The average Bonchev–Trinajstić information content (AvgIpc) is 3.11. The maximum absolute atomic E-state index is 12.3. The van der Waals surface area contributed by atoms with Crippen LogP contribution in [0.3, 0.4) is 0 Å². The van der Waals surface area contributed by atoms with E-state index in [1.807, 2.05) is 39.0 Å². The second-order valence-electron chi connectivity index (χ2n) is 6.80. The van der Waals surface area contributed by atoms with E-state index >= 15 is 0 Å². The summed E-state index contributed by atoms with van der Waals surface area (Å²) in [6, 6.07) is 8.99. The number of thioether (sulfide) groups is 1. The zero-order valence-electron chi connectivity index (χ0n) is 16.5. The molecule has 150 valence electrons. The third-order valence-electron chi connectivity index (χ3n) is 4.28. The first-order chi connectivity index (χ1) is 13.7. The molecule has 8 nitrogen and oxygen atoms in total. The van der Waals surface area contributed by atoms with Crippen LogP contribution >= 0.6 is 11.8 Å². The number of nitrogens with zero attached hydrogens (tertiary/aromatic N) is 3. The van der Waals surface area contributed by atoms with E-state index in [0.29, 0.717) is 5.89 Å². The molecule has 0 atom stereocenters. The molecule has 0 fully saturated rings. The van der Waals surface area contributed by atoms with Crippen molar-refractivity contribution in [3.63, 3.8) is 0 Å². The second-order valence-corrected chi connectivity index (χ2v) is 7.72. The minimum atomic E-state index is -0.511. The molecular weight excluding hydrogens is 392 g/mol. The van der Waals surface area contributed by atoms with Crippen molar-refractivity contribution < 1.29 is 14.1 Å². The highest BCUT2D eigenvalue weighted by atomic mass is 32.2. The van der Waals surface area contributed by atoms with Crippen LogP contribution in [0.1, 0.15) is 22.3 Å². The van der Waals surface area contributed by atoms with E-state index in [0.717, 1.165) is 39.6 Å². The quantitative estimate of drug-likeness (QED) is 0.357. The van der Waals surface area contributed by atoms with Crippen LogP contribution in [0, 0.1) is 37.8 Å². The van der Waals surface area contributed by atoms with Gasteiger partial charge in [0.1, 0.15) is 5.69 Å². The summed E-state index contributed by atoms with van der Waals surface area (Å²) in [6.07, 6.45) is 0. The molecule has 0 saturated carbocycles. The number of nitro benzene ring substituents is 1. The third-order valence-corrected chi connectivity index (χ3v) is 5.10. The monoisotopic (exact) mass is 412 g/mol. The number of hydrogen-bond donors (Lipinski definition) is 1. The lowest BCUT2D eigenvalue weighted by atomic mass is 10.1. The predicted molar refractivity (Wildman–Crippen MR) is 111 cm³/mol. The van der Waals surface area contributed by atoms with Crippen molar-refractivity contribution in [1.29, 1.82) is 0 Å². The van der Waals surface area contributed by atoms with Crippen LogP contribution in [0.15, 0.2) is 40.0 Å². The van der Waals surface area contributed by atoms with Crippen molar-refractivity contribution in [2.24, 2.45) is 0 Å². The van der Waals surface area contributed by atoms with E-state index in [-0.39, 0.29) is 22.4 Å². The summed E-state index contributed by atoms with van der Waals surface area (Å²) in [5.74, 6) is -0.0320. The molecule has 0 aliphatic heterocycles. The number of aryl methyl sites for hydroxylation is 4. The smallest absolute Gasteiger partial charge is 0.293 e. The Bertz CT molecular complexity index is 1070. The Hall–Kier alpha value is -3.20. The van der Waals surface area contributed by atoms with Crippen LogP contribution in [0.2, 0.25) is 0 Å². The number of amides is 1. The van der Waals surface area contributed by atoms with Gasteiger partial charge in [0.15, 0.2) is 0 Å². The van der Waals surface area contributed by atoms with Gasteiger partial charge in [-0.2, -0.15) is 0 Å². The number of nitro groups is 1. The summed E-state index contributed by atoms with van der Waals surface area (Å²) in [6.45, 7) is 7.58. The molecule has 0 radical (unpaired) electrons. The molecule has 0 unspecified atom stereocenters. The summed E-state index contributed by atoms with van der Waals surface area (Å²) in [4.78, 5) is 23.0. The van der Waals surface area contributed by atoms with Crippen molar-refractivity contribution in [3.05, 3.63) is 62.7 Å². The minimum absolute atomic E-state index is 0.0153. The van der Waals surface area contributed by atoms with Crippen molar-refractivity contribution in [1.82, 2.24) is 10.2 Å². The van der Waals surface area contributed by atoms with Gasteiger partial charge in [-0.15, -0.1) is 10.2 Å². The first-order valence-corrected chi connectivity index (χ1v) is 9.82. The SMILES string of the molecule is Cc1cc(C)cc(-c2nnc(SCC(=O)Nc3cc(C)c(C)cc3[N+](=O)[O-])o2)c1. The van der Waals surface area contributed by atoms with Crippen molar-refractivity contribution >= 4 is 29.0 Å². The van der Waals surface area contributed by atoms with E-state index in [4.69, 9.17) is 4.42 Å². The van der Waals surface area contributed by atoms with E-state index < -0.39 is 10.8 Å². The number of aromatic nitrogens is 2. The number of carbonyl (C=O) groups excluding carboxylic acids is 1. The number of carbonyl (C=O) groups is 1. The molecule has 1 amide bonds. The van der Waals surface area contributed by atoms with Gasteiger partial charge in [0.25, 0.3) is 10.9 Å². The lowest BCUT2D eigenvalue weighted by molar-refractivity contribution is -0.384. The molecule has 29 heavy (non-hydrogen) atoms. The van der Waals surface area contributed by atoms with Crippen molar-refractivity contribution in [2.75, 3.05) is 11.1 Å². The summed E-state index contributed by atoms with van der Waals surface area (Å²) in [5.41, 5.74) is 4.66. The molecule has 0 bridgehead atoms. The Balaban J connectivity index is 1.67. The van der Waals surface area contributed by atoms with Crippen LogP contribution in [0.25, 0.3) is 11.5 Å². The predicted octanol–water partition coefficient (Wildman–Crippen LogP) is 4.61. The van der Waals surface area contributed by atoms with E-state index in [1.165, 1.54) is 6.07 Å². The lowest BCUT2D eigenvalue weighted by Crippen LogP contribution is -2.15. The number of nitrogens with one attached hydrogen (secondary N) is 1. The van der Waals surface area contributed by atoms with E-state index in [2.05, 4.69) is 15.5 Å². The number of anilines is 1. The third kappa shape index (κ3) is 5.00. The summed E-state index contributed by atoms with van der Waals surface area (Å²) in [5, 5.41) is 22.1. The fourth-order valence-electron chi connectivity index (χ4n) is 2.85. The van der Waals surface area contributed by atoms with Gasteiger partial charge in [0.05, 0.1) is 10.7 Å². The van der Waals surface area contributed by atoms with Gasteiger partial charge in [-0.3, -0.25) is 14.9 Å². The Kier molecular flexibility index (Phi) is 5.97. The van der Waals surface area contributed by atoms with Gasteiger partial charge >= 0.3 is 0 Å². The molecule has 1 aromatic heterocycles. The number of hydrogen-bond acceptors (Lipinski definition) is 7. The molecule has 0 aliphatic carbocycles. The molecule has 1 heterocycles. The average molecular weight is 412 g/mol. The van der Waals surface area contributed by atoms with Crippen LogP contribution in [-0.2, 0) is 4.79 Å². The van der Waals surface area contributed by atoms with Gasteiger partial charge < -0.3 is 9.73 Å². The van der Waals surface area contributed by atoms with Crippen LogP contribution in [-0.4, -0.2) is 26.8 Å². The van der Waals surface area contributed by atoms with Crippen LogP contribution < -0.4 is 5.32 Å². The van der Waals surface area contributed by atoms with Crippen molar-refractivity contribution in [2.45, 2.75) is 32.9 Å². The molecule has 0 spiro atoms. The Labute approximate surface area is 171 Å². The molecule has 0 saturated heterocycles. The fraction of sp³-hybridized carbons (Fsp3) is 0.250. The summed E-state index contributed by atoms with van der Waals surface area (Å²) >= 11 is 1.07. The highest BCUT2D eigenvalue weighted by Gasteiger charge is 2.18. The van der Waals surface area contributed by atoms with Crippen LogP contribution in [0.5, 0.6) is 0 Å². The Morgan fingerprint density at radius 2 is 1.72 bits per heavy atom. The molecular formula is C20H20N4O4S. The normalized spacial score (nSPS) is 10.8. The van der Waals surface area contributed by atoms with Gasteiger partial charge in [0.2, 0.25) is 11.8 Å². The molecule has 3 aromatic rings. The van der Waals surface area contributed by atoms with Gasteiger partial charge in [-0.05, 0) is 57.0 Å². The molecule has 2 aromatic carbocycles. The van der Waals surface area contributed by atoms with Crippen LogP contribution in [0.4, 0.5) is 11.4 Å². The zero-order valence-corrected chi connectivity index (χ0v) is 17.3. The maximum atomic E-state index is 12.3. The molecule has 0 aliphatic rings. The topological polar surface area (TPSA) is 111 Å². The van der Waals surface area contributed by atoms with Gasteiger partial charge in [-0.1, -0.05) is 29.0 Å². The van der Waals surface area contributed by atoms with Gasteiger partial charge in [-0.25, -0.2) is 0 Å². The molecule has 3 rings (SSSR count). The molecule has 1 N–H and O–H groups in total. The zero-order chi connectivity index (χ0) is 21.1. The first-order valence-electron chi connectivity index (χ1n) is 8.83. The Morgan fingerprint density at radius 3 is 2.38 bits per heavy atom. The maximum Gasteiger partial charge on any atom is 0.293 e. The van der Waals surface area contributed by atoms with Gasteiger partial charge in [0, 0.05) is 11.6 Å². The van der Waals surface area contributed by atoms with E-state index in [9.17, 15) is 14.9 Å². The van der Waals surface area contributed by atoms with Crippen molar-refractivity contribution in [3.8, 4) is 11.5 Å². The summed E-state index contributed by atoms with van der Waals surface area (Å²) < 4.78 is 5.63. The minimum Gasteiger partial charge on any atom is -0.411 e. The highest BCUT2D eigenvalue weighted by molar-refractivity contribution is 7.99. The molecule has 9 heteroatoms. The number of benzene rings is 2. The Morgan fingerprint density at radius 1 is 1.07 bits per heavy atom. The number of rotatable bonds is 6. The lowest BCUT2D eigenvalue weighted by Gasteiger charge is -2.08. The second kappa shape index (κ2) is 8.44.